The minimum Gasteiger partial charge on any atom is -0.463 e. The minimum atomic E-state index is -0.359. The molecule has 0 bridgehead atoms. The summed E-state index contributed by atoms with van der Waals surface area (Å²) in [5.74, 6) is 0.316. The van der Waals surface area contributed by atoms with Gasteiger partial charge >= 0.3 is 5.97 Å². The molecule has 126 valence electrons. The quantitative estimate of drug-likeness (QED) is 0.788. The highest BCUT2D eigenvalue weighted by Crippen LogP contribution is 2.37. The van der Waals surface area contributed by atoms with E-state index in [4.69, 9.17) is 4.74 Å². The SMILES string of the molecule is CCCC1=C(C(=O)OCC)[C@@H](c2cccc(Br)c2)n2ncnc2N1. The number of hydrogen-bond donors (Lipinski definition) is 1. The molecule has 24 heavy (non-hydrogen) atoms. The van der Waals surface area contributed by atoms with Crippen molar-refractivity contribution < 1.29 is 9.53 Å². The fourth-order valence-corrected chi connectivity index (χ4v) is 3.31. The lowest BCUT2D eigenvalue weighted by Crippen LogP contribution is -2.30. The second kappa shape index (κ2) is 7.17. The van der Waals surface area contributed by atoms with Crippen LogP contribution in [0.3, 0.4) is 0 Å². The molecule has 1 N–H and O–H groups in total. The van der Waals surface area contributed by atoms with Crippen LogP contribution in [0.2, 0.25) is 0 Å². The number of anilines is 1. The maximum absolute atomic E-state index is 12.7. The number of hydrogen-bond acceptors (Lipinski definition) is 5. The number of aromatic nitrogens is 3. The number of rotatable bonds is 5. The van der Waals surface area contributed by atoms with Crippen molar-refractivity contribution in [3.8, 4) is 0 Å². The topological polar surface area (TPSA) is 69.0 Å². The van der Waals surface area contributed by atoms with Crippen molar-refractivity contribution in [1.29, 1.82) is 0 Å². The zero-order chi connectivity index (χ0) is 17.1. The lowest BCUT2D eigenvalue weighted by atomic mass is 9.94. The van der Waals surface area contributed by atoms with Gasteiger partial charge in [0.15, 0.2) is 0 Å². The molecule has 1 aliphatic rings. The highest BCUT2D eigenvalue weighted by molar-refractivity contribution is 9.10. The fraction of sp³-hybridized carbons (Fsp3) is 0.353. The Balaban J connectivity index is 2.17. The number of ether oxygens (including phenoxy) is 1. The molecule has 2 aromatic rings. The van der Waals surface area contributed by atoms with Crippen LogP contribution in [0.25, 0.3) is 0 Å². The Kier molecular flexibility index (Phi) is 4.99. The van der Waals surface area contributed by atoms with E-state index in [9.17, 15) is 4.79 Å². The number of allylic oxidation sites excluding steroid dienone is 1. The Morgan fingerprint density at radius 1 is 1.42 bits per heavy atom. The molecule has 3 rings (SSSR count). The van der Waals surface area contributed by atoms with Crippen molar-refractivity contribution in [2.45, 2.75) is 32.7 Å². The van der Waals surface area contributed by atoms with E-state index in [-0.39, 0.29) is 12.0 Å². The summed E-state index contributed by atoms with van der Waals surface area (Å²) in [6.07, 6.45) is 3.14. The van der Waals surface area contributed by atoms with Gasteiger partial charge in [-0.25, -0.2) is 9.48 Å². The molecule has 0 amide bonds. The molecule has 0 saturated heterocycles. The van der Waals surface area contributed by atoms with Crippen molar-refractivity contribution in [2.24, 2.45) is 0 Å². The number of nitrogens with one attached hydrogen (secondary N) is 1. The number of esters is 1. The van der Waals surface area contributed by atoms with Crippen LogP contribution in [0.1, 0.15) is 38.3 Å². The molecular formula is C17H19BrN4O2. The predicted octanol–water partition coefficient (Wildman–Crippen LogP) is 3.67. The van der Waals surface area contributed by atoms with Crippen LogP contribution >= 0.6 is 15.9 Å². The fourth-order valence-electron chi connectivity index (χ4n) is 2.89. The van der Waals surface area contributed by atoms with Crippen molar-refractivity contribution >= 4 is 27.8 Å². The largest absolute Gasteiger partial charge is 0.463 e. The Morgan fingerprint density at radius 2 is 2.25 bits per heavy atom. The monoisotopic (exact) mass is 390 g/mol. The van der Waals surface area contributed by atoms with E-state index in [2.05, 4.69) is 38.3 Å². The molecule has 7 heteroatoms. The van der Waals surface area contributed by atoms with Crippen LogP contribution in [0.4, 0.5) is 5.95 Å². The third-order valence-corrected chi connectivity index (χ3v) is 4.33. The smallest absolute Gasteiger partial charge is 0.338 e. The molecule has 0 fully saturated rings. The van der Waals surface area contributed by atoms with E-state index in [0.717, 1.165) is 28.6 Å². The molecule has 0 radical (unpaired) electrons. The van der Waals surface area contributed by atoms with Gasteiger partial charge in [0.1, 0.15) is 12.4 Å². The first-order valence-electron chi connectivity index (χ1n) is 7.97. The van der Waals surface area contributed by atoms with Gasteiger partial charge in [0, 0.05) is 10.2 Å². The van der Waals surface area contributed by atoms with Crippen molar-refractivity contribution in [3.63, 3.8) is 0 Å². The summed E-state index contributed by atoms with van der Waals surface area (Å²) in [5.41, 5.74) is 2.39. The Morgan fingerprint density at radius 3 is 2.96 bits per heavy atom. The van der Waals surface area contributed by atoms with Gasteiger partial charge in [-0.3, -0.25) is 0 Å². The zero-order valence-corrected chi connectivity index (χ0v) is 15.2. The molecule has 1 atom stereocenters. The second-order valence-corrected chi connectivity index (χ2v) is 6.39. The molecule has 1 aromatic carbocycles. The van der Waals surface area contributed by atoms with Crippen LogP contribution in [-0.2, 0) is 9.53 Å². The summed E-state index contributed by atoms with van der Waals surface area (Å²) >= 11 is 3.50. The molecule has 0 aliphatic carbocycles. The Bertz CT molecular complexity index is 784. The van der Waals surface area contributed by atoms with Gasteiger partial charge in [0.05, 0.1) is 12.2 Å². The number of benzene rings is 1. The molecular weight excluding hydrogens is 372 g/mol. The first kappa shape index (κ1) is 16.7. The maximum Gasteiger partial charge on any atom is 0.338 e. The van der Waals surface area contributed by atoms with Gasteiger partial charge in [-0.05, 0) is 31.0 Å². The summed E-state index contributed by atoms with van der Waals surface area (Å²) in [6.45, 7) is 4.21. The number of nitrogens with zero attached hydrogens (tertiary/aromatic N) is 3. The summed E-state index contributed by atoms with van der Waals surface area (Å²) in [5, 5.41) is 7.56. The van der Waals surface area contributed by atoms with Crippen molar-refractivity contribution in [1.82, 2.24) is 14.8 Å². The van der Waals surface area contributed by atoms with Crippen molar-refractivity contribution in [3.05, 3.63) is 51.9 Å². The Labute approximate surface area is 149 Å². The molecule has 1 aromatic heterocycles. The summed E-state index contributed by atoms with van der Waals surface area (Å²) in [4.78, 5) is 17.0. The van der Waals surface area contributed by atoms with Gasteiger partial charge in [-0.1, -0.05) is 41.4 Å². The number of halogens is 1. The normalized spacial score (nSPS) is 16.5. The lowest BCUT2D eigenvalue weighted by molar-refractivity contribution is -0.139. The van der Waals surface area contributed by atoms with E-state index in [1.807, 2.05) is 31.2 Å². The molecule has 6 nitrogen and oxygen atoms in total. The van der Waals surface area contributed by atoms with E-state index in [1.165, 1.54) is 6.33 Å². The predicted molar refractivity (Wildman–Crippen MR) is 94.5 cm³/mol. The summed E-state index contributed by atoms with van der Waals surface area (Å²) < 4.78 is 8.00. The average Bonchev–Trinajstić information content (AvgIpc) is 3.02. The highest BCUT2D eigenvalue weighted by atomic mass is 79.9. The third kappa shape index (κ3) is 3.08. The highest BCUT2D eigenvalue weighted by Gasteiger charge is 2.35. The Hall–Kier alpha value is -2.15. The van der Waals surface area contributed by atoms with E-state index in [0.29, 0.717) is 18.1 Å². The third-order valence-electron chi connectivity index (χ3n) is 3.84. The van der Waals surface area contributed by atoms with E-state index >= 15 is 0 Å². The van der Waals surface area contributed by atoms with Gasteiger partial charge in [0.2, 0.25) is 5.95 Å². The standard InChI is InChI=1S/C17H19BrN4O2/c1-3-6-13-14(16(23)24-4-2)15(11-7-5-8-12(18)9-11)22-17(21-13)19-10-20-22/h5,7-10,15H,3-4,6H2,1-2H3,(H,19,20,21)/t15-/m1/s1. The molecule has 0 saturated carbocycles. The van der Waals surface area contributed by atoms with Gasteiger partial charge in [0.25, 0.3) is 0 Å². The van der Waals surface area contributed by atoms with E-state index < -0.39 is 0 Å². The number of fused-ring (bicyclic) bond motifs is 1. The van der Waals surface area contributed by atoms with Crippen LogP contribution < -0.4 is 5.32 Å². The first-order valence-corrected chi connectivity index (χ1v) is 8.77. The molecule has 2 heterocycles. The van der Waals surface area contributed by atoms with Gasteiger partial charge < -0.3 is 10.1 Å². The van der Waals surface area contributed by atoms with Crippen LogP contribution in [0, 0.1) is 0 Å². The number of carbonyl (C=O) groups excluding carboxylic acids is 1. The van der Waals surface area contributed by atoms with Gasteiger partial charge in [-0.15, -0.1) is 0 Å². The van der Waals surface area contributed by atoms with Gasteiger partial charge in [-0.2, -0.15) is 10.1 Å². The van der Waals surface area contributed by atoms with Crippen molar-refractivity contribution in [2.75, 3.05) is 11.9 Å². The zero-order valence-electron chi connectivity index (χ0n) is 13.6. The van der Waals surface area contributed by atoms with Crippen LogP contribution in [0.15, 0.2) is 46.3 Å². The lowest BCUT2D eigenvalue weighted by Gasteiger charge is -2.29. The van der Waals surface area contributed by atoms with Crippen LogP contribution in [-0.4, -0.2) is 27.3 Å². The van der Waals surface area contributed by atoms with Crippen LogP contribution in [0.5, 0.6) is 0 Å². The summed E-state index contributed by atoms with van der Waals surface area (Å²) in [6, 6.07) is 7.51. The summed E-state index contributed by atoms with van der Waals surface area (Å²) in [7, 11) is 0. The average molecular weight is 391 g/mol. The maximum atomic E-state index is 12.7. The van der Waals surface area contributed by atoms with E-state index in [1.54, 1.807) is 4.68 Å². The number of carbonyl (C=O) groups is 1. The minimum absolute atomic E-state index is 0.320. The molecule has 0 spiro atoms. The first-order chi connectivity index (χ1) is 11.7. The molecule has 0 unspecified atom stereocenters. The second-order valence-electron chi connectivity index (χ2n) is 5.47. The molecule has 1 aliphatic heterocycles.